The van der Waals surface area contributed by atoms with E-state index in [0.717, 1.165) is 46.7 Å². The van der Waals surface area contributed by atoms with Crippen molar-refractivity contribution in [3.63, 3.8) is 0 Å². The molecule has 3 nitrogen and oxygen atoms in total. The maximum absolute atomic E-state index is 12.8. The Morgan fingerprint density at radius 1 is 0.933 bits per heavy atom. The van der Waals surface area contributed by atoms with Crippen LogP contribution in [0.15, 0.2) is 79.4 Å². The van der Waals surface area contributed by atoms with Gasteiger partial charge in [0.15, 0.2) is 0 Å². The third-order valence-corrected chi connectivity index (χ3v) is 4.67. The van der Waals surface area contributed by atoms with E-state index < -0.39 is 6.17 Å². The van der Waals surface area contributed by atoms with Crippen LogP contribution < -0.4 is 4.74 Å². The topological polar surface area (TPSA) is 35.0 Å². The van der Waals surface area contributed by atoms with Gasteiger partial charge in [0.05, 0.1) is 17.6 Å². The van der Waals surface area contributed by atoms with Crippen LogP contribution in [0.1, 0.15) is 31.7 Å². The zero-order valence-corrected chi connectivity index (χ0v) is 17.3. The summed E-state index contributed by atoms with van der Waals surface area (Å²) in [7, 11) is 0. The number of benzene rings is 2. The fourth-order valence-electron chi connectivity index (χ4n) is 3.02. The summed E-state index contributed by atoms with van der Waals surface area (Å²) < 4.78 is 18.3. The van der Waals surface area contributed by atoms with Gasteiger partial charge in [-0.25, -0.2) is 4.39 Å². The third-order valence-electron chi connectivity index (χ3n) is 4.67. The number of nitrogens with zero attached hydrogens (tertiary/aromatic N) is 2. The van der Waals surface area contributed by atoms with Crippen LogP contribution in [0.25, 0.3) is 28.6 Å². The van der Waals surface area contributed by atoms with Gasteiger partial charge in [-0.1, -0.05) is 49.1 Å². The molecule has 3 aromatic rings. The van der Waals surface area contributed by atoms with E-state index in [0.29, 0.717) is 13.0 Å². The molecule has 0 aliphatic rings. The highest BCUT2D eigenvalue weighted by atomic mass is 19.1. The number of halogens is 1. The second-order valence-electron chi connectivity index (χ2n) is 7.16. The molecule has 0 amide bonds. The molecule has 0 bridgehead atoms. The minimum Gasteiger partial charge on any atom is -0.490 e. The molecule has 0 spiro atoms. The Morgan fingerprint density at radius 2 is 1.53 bits per heavy atom. The number of hydrogen-bond donors (Lipinski definition) is 0. The van der Waals surface area contributed by atoms with E-state index in [9.17, 15) is 4.39 Å². The van der Waals surface area contributed by atoms with Crippen molar-refractivity contribution < 1.29 is 9.13 Å². The monoisotopic (exact) mass is 402 g/mol. The smallest absolute Gasteiger partial charge is 0.119 e. The van der Waals surface area contributed by atoms with Crippen molar-refractivity contribution in [3.8, 4) is 28.3 Å². The van der Waals surface area contributed by atoms with E-state index in [1.807, 2.05) is 48.5 Å². The molecule has 0 aliphatic heterocycles. The standard InChI is InChI=1S/C26H27FN2O/c1-3-19-30-24-15-13-23(14-16-24)26-18-17-25(28-29-26)22-11-9-21(10-12-22)8-6-4-5-7-20(2)27/h3,6,8-18,20H,1,4-5,7,19H2,2H3/b8-6+. The summed E-state index contributed by atoms with van der Waals surface area (Å²) >= 11 is 0. The molecule has 0 fully saturated rings. The molecule has 1 aromatic heterocycles. The fourth-order valence-corrected chi connectivity index (χ4v) is 3.02. The number of alkyl halides is 1. The second-order valence-corrected chi connectivity index (χ2v) is 7.16. The van der Waals surface area contributed by atoms with Gasteiger partial charge in [-0.3, -0.25) is 0 Å². The first kappa shape index (κ1) is 21.4. The van der Waals surface area contributed by atoms with Crippen LogP contribution in [0.4, 0.5) is 4.39 Å². The van der Waals surface area contributed by atoms with E-state index >= 15 is 0 Å². The van der Waals surface area contributed by atoms with Crippen molar-refractivity contribution in [3.05, 3.63) is 85.0 Å². The Hall–Kier alpha value is -3.27. The lowest BCUT2D eigenvalue weighted by Gasteiger charge is -2.06. The van der Waals surface area contributed by atoms with Crippen molar-refractivity contribution in [2.45, 2.75) is 32.4 Å². The number of unbranched alkanes of at least 4 members (excludes halogenated alkanes) is 1. The molecule has 4 heteroatoms. The van der Waals surface area contributed by atoms with Crippen molar-refractivity contribution in [1.29, 1.82) is 0 Å². The Kier molecular flexibility index (Phi) is 7.90. The zero-order chi connectivity index (χ0) is 21.2. The largest absolute Gasteiger partial charge is 0.490 e. The predicted molar refractivity (Wildman–Crippen MR) is 122 cm³/mol. The summed E-state index contributed by atoms with van der Waals surface area (Å²) in [5.41, 5.74) is 4.77. The molecule has 0 aliphatic carbocycles. The normalized spacial score (nSPS) is 12.1. The minimum atomic E-state index is -0.721. The van der Waals surface area contributed by atoms with E-state index in [1.165, 1.54) is 0 Å². The highest BCUT2D eigenvalue weighted by Gasteiger charge is 2.04. The van der Waals surface area contributed by atoms with Gasteiger partial charge in [-0.05, 0) is 68.1 Å². The molecule has 0 saturated heterocycles. The first-order valence-electron chi connectivity index (χ1n) is 10.2. The molecule has 1 heterocycles. The van der Waals surface area contributed by atoms with Gasteiger partial charge < -0.3 is 4.74 Å². The van der Waals surface area contributed by atoms with Crippen LogP contribution in [0.2, 0.25) is 0 Å². The molecule has 30 heavy (non-hydrogen) atoms. The maximum atomic E-state index is 12.8. The SMILES string of the molecule is C=CCOc1ccc(-c2ccc(-c3ccc(/C=C/CCCC(C)F)cc3)nn2)cc1. The van der Waals surface area contributed by atoms with Crippen LogP contribution in [-0.2, 0) is 0 Å². The Morgan fingerprint density at radius 3 is 2.07 bits per heavy atom. The number of rotatable bonds is 10. The highest BCUT2D eigenvalue weighted by Crippen LogP contribution is 2.23. The Labute approximate surface area is 178 Å². The lowest BCUT2D eigenvalue weighted by Crippen LogP contribution is -1.93. The maximum Gasteiger partial charge on any atom is 0.119 e. The summed E-state index contributed by atoms with van der Waals surface area (Å²) in [6.07, 6.45) is 7.55. The number of ether oxygens (including phenoxy) is 1. The van der Waals surface area contributed by atoms with E-state index in [1.54, 1.807) is 13.0 Å². The minimum absolute atomic E-state index is 0.487. The number of allylic oxidation sites excluding steroid dienone is 1. The molecular formula is C26H27FN2O. The summed E-state index contributed by atoms with van der Waals surface area (Å²) in [4.78, 5) is 0. The molecule has 0 saturated carbocycles. The van der Waals surface area contributed by atoms with Crippen molar-refractivity contribution in [2.24, 2.45) is 0 Å². The average molecular weight is 403 g/mol. The van der Waals surface area contributed by atoms with E-state index in [2.05, 4.69) is 41.1 Å². The van der Waals surface area contributed by atoms with E-state index in [4.69, 9.17) is 4.74 Å². The van der Waals surface area contributed by atoms with Gasteiger partial charge in [0, 0.05) is 11.1 Å². The lowest BCUT2D eigenvalue weighted by atomic mass is 10.1. The number of aromatic nitrogens is 2. The third kappa shape index (κ3) is 6.38. The molecular weight excluding hydrogens is 375 g/mol. The van der Waals surface area contributed by atoms with Gasteiger partial charge in [-0.15, -0.1) is 10.2 Å². The molecule has 1 atom stereocenters. The molecule has 0 N–H and O–H groups in total. The number of hydrogen-bond acceptors (Lipinski definition) is 3. The van der Waals surface area contributed by atoms with Crippen LogP contribution in [0, 0.1) is 0 Å². The zero-order valence-electron chi connectivity index (χ0n) is 17.3. The first-order valence-corrected chi connectivity index (χ1v) is 10.2. The van der Waals surface area contributed by atoms with Crippen molar-refractivity contribution in [2.75, 3.05) is 6.61 Å². The first-order chi connectivity index (χ1) is 14.7. The van der Waals surface area contributed by atoms with Gasteiger partial charge in [0.25, 0.3) is 0 Å². The summed E-state index contributed by atoms with van der Waals surface area (Å²) in [5.74, 6) is 0.800. The second kappa shape index (κ2) is 11.1. The van der Waals surface area contributed by atoms with Gasteiger partial charge in [-0.2, -0.15) is 0 Å². The highest BCUT2D eigenvalue weighted by molar-refractivity contribution is 5.65. The van der Waals surface area contributed by atoms with Crippen LogP contribution in [0.3, 0.4) is 0 Å². The van der Waals surface area contributed by atoms with Gasteiger partial charge >= 0.3 is 0 Å². The summed E-state index contributed by atoms with van der Waals surface area (Å²) in [6, 6.07) is 19.9. The van der Waals surface area contributed by atoms with Crippen molar-refractivity contribution >= 4 is 6.08 Å². The predicted octanol–water partition coefficient (Wildman–Crippen LogP) is 6.92. The summed E-state index contributed by atoms with van der Waals surface area (Å²) in [6.45, 7) is 5.74. The Balaban J connectivity index is 1.60. The van der Waals surface area contributed by atoms with Gasteiger partial charge in [0.2, 0.25) is 0 Å². The quantitative estimate of drug-likeness (QED) is 0.273. The average Bonchev–Trinajstić information content (AvgIpc) is 2.78. The Bertz CT molecular complexity index is 946. The van der Waals surface area contributed by atoms with Crippen LogP contribution >= 0.6 is 0 Å². The van der Waals surface area contributed by atoms with E-state index in [-0.39, 0.29) is 0 Å². The van der Waals surface area contributed by atoms with Gasteiger partial charge in [0.1, 0.15) is 12.4 Å². The van der Waals surface area contributed by atoms with Crippen LogP contribution in [0.5, 0.6) is 5.75 Å². The van der Waals surface area contributed by atoms with Crippen molar-refractivity contribution in [1.82, 2.24) is 10.2 Å². The molecule has 3 rings (SSSR count). The van der Waals surface area contributed by atoms with Crippen LogP contribution in [-0.4, -0.2) is 23.0 Å². The molecule has 1 unspecified atom stereocenters. The summed E-state index contributed by atoms with van der Waals surface area (Å²) in [5, 5.41) is 8.75. The molecule has 154 valence electrons. The molecule has 2 aromatic carbocycles. The lowest BCUT2D eigenvalue weighted by molar-refractivity contribution is 0.335. The molecule has 0 radical (unpaired) electrons. The fraction of sp³-hybridized carbons (Fsp3) is 0.231.